The molecular weight excluding hydrogens is 480 g/mol. The van der Waals surface area contributed by atoms with E-state index >= 15 is 0 Å². The molecule has 156 valence electrons. The number of guanidine groups is 1. The highest BCUT2D eigenvalue weighted by Gasteiger charge is 2.29. The van der Waals surface area contributed by atoms with E-state index in [4.69, 9.17) is 0 Å². The zero-order valence-corrected chi connectivity index (χ0v) is 18.9. The summed E-state index contributed by atoms with van der Waals surface area (Å²) in [5.74, 6) is 1.35. The second-order valence-corrected chi connectivity index (χ2v) is 8.51. The van der Waals surface area contributed by atoms with Gasteiger partial charge in [-0.1, -0.05) is 13.3 Å². The van der Waals surface area contributed by atoms with Gasteiger partial charge in [0.05, 0.1) is 6.54 Å². The lowest BCUT2D eigenvalue weighted by molar-refractivity contribution is -0.143. The van der Waals surface area contributed by atoms with Crippen LogP contribution in [0.15, 0.2) is 4.99 Å². The Kier molecular flexibility index (Phi) is 13.1. The average molecular weight is 512 g/mol. The molecule has 0 aromatic heterocycles. The van der Waals surface area contributed by atoms with Crippen molar-refractivity contribution >= 4 is 40.7 Å². The van der Waals surface area contributed by atoms with Gasteiger partial charge in [-0.2, -0.15) is 13.2 Å². The smallest absolute Gasteiger partial charge is 0.356 e. The fourth-order valence-corrected chi connectivity index (χ4v) is 4.43. The van der Waals surface area contributed by atoms with Crippen molar-refractivity contribution in [1.29, 1.82) is 0 Å². The van der Waals surface area contributed by atoms with Crippen LogP contribution in [0.2, 0.25) is 0 Å². The predicted octanol–water partition coefficient (Wildman–Crippen LogP) is 2.73. The summed E-state index contributed by atoms with van der Waals surface area (Å²) in [5, 5.41) is 6.74. The zero-order chi connectivity index (χ0) is 18.9. The van der Waals surface area contributed by atoms with Crippen molar-refractivity contribution in [3.8, 4) is 0 Å². The van der Waals surface area contributed by atoms with Crippen LogP contribution < -0.4 is 10.6 Å². The topological polar surface area (TPSA) is 56.7 Å². The van der Waals surface area contributed by atoms with E-state index in [2.05, 4.69) is 15.6 Å². The van der Waals surface area contributed by atoms with E-state index in [0.717, 1.165) is 25.7 Å². The first kappa shape index (κ1) is 25.9. The summed E-state index contributed by atoms with van der Waals surface area (Å²) in [6.07, 6.45) is 0.391. The number of halogens is 4. The van der Waals surface area contributed by atoms with E-state index in [1.807, 2.05) is 6.92 Å². The Morgan fingerprint density at radius 3 is 2.62 bits per heavy atom. The zero-order valence-electron chi connectivity index (χ0n) is 15.8. The summed E-state index contributed by atoms with van der Waals surface area (Å²) in [6, 6.07) is 0.244. The first-order valence-electron chi connectivity index (χ1n) is 8.84. The molecule has 0 spiro atoms. The molecule has 3 unspecified atom stereocenters. The molecule has 0 heterocycles. The third kappa shape index (κ3) is 10.9. The van der Waals surface area contributed by atoms with E-state index in [1.54, 1.807) is 7.05 Å². The molecule has 1 saturated carbocycles. The first-order valence-corrected chi connectivity index (χ1v) is 10.2. The largest absolute Gasteiger partial charge is 0.401 e. The molecule has 10 heteroatoms. The van der Waals surface area contributed by atoms with Crippen molar-refractivity contribution in [3.63, 3.8) is 0 Å². The van der Waals surface area contributed by atoms with Crippen molar-refractivity contribution in [2.45, 2.75) is 56.5 Å². The summed E-state index contributed by atoms with van der Waals surface area (Å²) in [4.78, 5) is 5.44. The lowest BCUT2D eigenvalue weighted by Crippen LogP contribution is -2.47. The minimum Gasteiger partial charge on any atom is -0.356 e. The van der Waals surface area contributed by atoms with Crippen LogP contribution in [0.4, 0.5) is 13.2 Å². The lowest BCUT2D eigenvalue weighted by atomic mass is 9.95. The molecule has 0 aromatic carbocycles. The predicted molar refractivity (Wildman–Crippen MR) is 113 cm³/mol. The van der Waals surface area contributed by atoms with Gasteiger partial charge >= 0.3 is 6.18 Å². The molecule has 0 aliphatic heterocycles. The van der Waals surface area contributed by atoms with Gasteiger partial charge < -0.3 is 10.6 Å². The van der Waals surface area contributed by atoms with Gasteiger partial charge in [-0.3, -0.25) is 14.1 Å². The first-order chi connectivity index (χ1) is 11.7. The molecule has 26 heavy (non-hydrogen) atoms. The summed E-state index contributed by atoms with van der Waals surface area (Å²) < 4.78 is 48.8. The lowest BCUT2D eigenvalue weighted by Gasteiger charge is -2.30. The average Bonchev–Trinajstić information content (AvgIpc) is 2.55. The summed E-state index contributed by atoms with van der Waals surface area (Å²) >= 11 is 0. The number of nitrogens with one attached hydrogen (secondary N) is 2. The van der Waals surface area contributed by atoms with Gasteiger partial charge in [0.1, 0.15) is 0 Å². The molecule has 0 saturated heterocycles. The van der Waals surface area contributed by atoms with Gasteiger partial charge in [0.15, 0.2) is 5.96 Å². The van der Waals surface area contributed by atoms with E-state index < -0.39 is 23.5 Å². The minimum atomic E-state index is -4.16. The molecule has 3 atom stereocenters. The van der Waals surface area contributed by atoms with Gasteiger partial charge in [0, 0.05) is 41.4 Å². The minimum absolute atomic E-state index is 0. The van der Waals surface area contributed by atoms with Crippen LogP contribution in [0.5, 0.6) is 0 Å². The number of aliphatic imine (C=N–C) groups is 1. The third-order valence-corrected chi connectivity index (χ3v) is 6.05. The standard InChI is InChI=1S/C16H31F3N4OS.HI/c1-4-25(24)14-8-5-7-13(11-14)22-15(20-2)21-9-6-10-23(3)12-16(17,18)19;/h13-14H,4-12H2,1-3H3,(H2,20,21,22);1H. The monoisotopic (exact) mass is 512 g/mol. The third-order valence-electron chi connectivity index (χ3n) is 4.31. The van der Waals surface area contributed by atoms with Gasteiger partial charge in [-0.25, -0.2) is 0 Å². The van der Waals surface area contributed by atoms with Gasteiger partial charge in [0.2, 0.25) is 0 Å². The number of hydrogen-bond acceptors (Lipinski definition) is 3. The van der Waals surface area contributed by atoms with Crippen molar-refractivity contribution in [1.82, 2.24) is 15.5 Å². The number of rotatable bonds is 8. The second kappa shape index (κ2) is 13.1. The highest BCUT2D eigenvalue weighted by atomic mass is 127. The molecule has 0 radical (unpaired) electrons. The second-order valence-electron chi connectivity index (χ2n) is 6.50. The van der Waals surface area contributed by atoms with Gasteiger partial charge in [-0.15, -0.1) is 24.0 Å². The molecule has 0 amide bonds. The summed E-state index contributed by atoms with van der Waals surface area (Å²) in [5.41, 5.74) is 0. The number of alkyl halides is 3. The van der Waals surface area contributed by atoms with E-state index in [1.165, 1.54) is 11.9 Å². The van der Waals surface area contributed by atoms with Crippen molar-refractivity contribution in [2.75, 3.05) is 39.5 Å². The molecule has 0 aromatic rings. The number of nitrogens with zero attached hydrogens (tertiary/aromatic N) is 2. The van der Waals surface area contributed by atoms with Gasteiger partial charge in [0.25, 0.3) is 0 Å². The SMILES string of the molecule is CCS(=O)C1CCCC(NC(=NC)NCCCN(C)CC(F)(F)F)C1.I. The fourth-order valence-electron chi connectivity index (χ4n) is 3.08. The van der Waals surface area contributed by atoms with Crippen molar-refractivity contribution in [2.24, 2.45) is 4.99 Å². The van der Waals surface area contributed by atoms with Crippen molar-refractivity contribution < 1.29 is 17.4 Å². The maximum Gasteiger partial charge on any atom is 0.401 e. The molecule has 1 fully saturated rings. The van der Waals surface area contributed by atoms with Crippen LogP contribution >= 0.6 is 24.0 Å². The quantitative estimate of drug-likeness (QED) is 0.227. The fraction of sp³-hybridized carbons (Fsp3) is 0.938. The molecule has 2 N–H and O–H groups in total. The Bertz CT molecular complexity index is 452. The van der Waals surface area contributed by atoms with Gasteiger partial charge in [-0.05, 0) is 39.3 Å². The summed E-state index contributed by atoms with van der Waals surface area (Å²) in [6.45, 7) is 1.98. The van der Waals surface area contributed by atoms with Crippen LogP contribution in [0.1, 0.15) is 39.0 Å². The Morgan fingerprint density at radius 2 is 2.04 bits per heavy atom. The summed E-state index contributed by atoms with van der Waals surface area (Å²) in [7, 11) is 2.38. The van der Waals surface area contributed by atoms with E-state index in [9.17, 15) is 17.4 Å². The van der Waals surface area contributed by atoms with Crippen LogP contribution in [0.3, 0.4) is 0 Å². The van der Waals surface area contributed by atoms with Crippen LogP contribution in [-0.2, 0) is 10.8 Å². The highest BCUT2D eigenvalue weighted by molar-refractivity contribution is 14.0. The maximum atomic E-state index is 12.3. The highest BCUT2D eigenvalue weighted by Crippen LogP contribution is 2.23. The maximum absolute atomic E-state index is 12.3. The Labute approximate surface area is 174 Å². The van der Waals surface area contributed by atoms with Crippen LogP contribution in [0.25, 0.3) is 0 Å². The normalized spacial score (nSPS) is 22.7. The van der Waals surface area contributed by atoms with Crippen LogP contribution in [0, 0.1) is 0 Å². The van der Waals surface area contributed by atoms with Crippen molar-refractivity contribution in [3.05, 3.63) is 0 Å². The van der Waals surface area contributed by atoms with E-state index in [-0.39, 0.29) is 35.3 Å². The number of hydrogen-bond donors (Lipinski definition) is 2. The Hall–Kier alpha value is -0.100. The van der Waals surface area contributed by atoms with E-state index in [0.29, 0.717) is 31.2 Å². The van der Waals surface area contributed by atoms with Crippen LogP contribution in [-0.4, -0.2) is 72.0 Å². The molecular formula is C16H32F3IN4OS. The Morgan fingerprint density at radius 1 is 1.35 bits per heavy atom. The molecule has 1 aliphatic rings. The molecule has 1 aliphatic carbocycles. The Balaban J connectivity index is 0.00000625. The molecule has 5 nitrogen and oxygen atoms in total. The molecule has 1 rings (SSSR count). The molecule has 0 bridgehead atoms.